The zero-order valence-electron chi connectivity index (χ0n) is 9.27. The summed E-state index contributed by atoms with van der Waals surface area (Å²) in [6, 6.07) is -0.286. The summed E-state index contributed by atoms with van der Waals surface area (Å²) in [5, 5.41) is 6.41. The Morgan fingerprint density at radius 2 is 2.25 bits per heavy atom. The van der Waals surface area contributed by atoms with Crippen molar-refractivity contribution in [3.05, 3.63) is 18.0 Å². The molecule has 2 unspecified atom stereocenters. The van der Waals surface area contributed by atoms with Crippen molar-refractivity contribution >= 4 is 21.6 Å². The van der Waals surface area contributed by atoms with E-state index in [0.717, 1.165) is 5.56 Å². The average molecular weight is 266 g/mol. The lowest BCUT2D eigenvalue weighted by molar-refractivity contribution is 0.555. The smallest absolute Gasteiger partial charge is 0.212 e. The molecule has 2 atom stereocenters. The van der Waals surface area contributed by atoms with E-state index >= 15 is 0 Å². The van der Waals surface area contributed by atoms with Gasteiger partial charge in [-0.15, -0.1) is 11.6 Å². The molecule has 0 saturated heterocycles. The number of sulfonamides is 1. The normalized spacial score (nSPS) is 15.9. The first-order valence-electron chi connectivity index (χ1n) is 4.99. The zero-order chi connectivity index (χ0) is 12.2. The highest BCUT2D eigenvalue weighted by molar-refractivity contribution is 7.89. The molecule has 16 heavy (non-hydrogen) atoms. The van der Waals surface area contributed by atoms with Crippen molar-refractivity contribution in [2.45, 2.75) is 19.9 Å². The lowest BCUT2D eigenvalue weighted by Crippen LogP contribution is -2.31. The number of nitrogens with zero attached hydrogens (tertiary/aromatic N) is 1. The van der Waals surface area contributed by atoms with E-state index in [9.17, 15) is 8.42 Å². The molecule has 0 bridgehead atoms. The Kier molecular flexibility index (Phi) is 4.76. The monoisotopic (exact) mass is 265 g/mol. The largest absolute Gasteiger partial charge is 0.285 e. The van der Waals surface area contributed by atoms with E-state index in [-0.39, 0.29) is 17.7 Å². The molecular formula is C9H16ClN3O2S. The second-order valence-corrected chi connectivity index (χ2v) is 6.02. The first kappa shape index (κ1) is 13.5. The van der Waals surface area contributed by atoms with Crippen molar-refractivity contribution in [3.63, 3.8) is 0 Å². The van der Waals surface area contributed by atoms with Crippen LogP contribution in [0.2, 0.25) is 0 Å². The summed E-state index contributed by atoms with van der Waals surface area (Å²) >= 11 is 5.59. The quantitative estimate of drug-likeness (QED) is 0.761. The summed E-state index contributed by atoms with van der Waals surface area (Å²) in [5.41, 5.74) is 0.808. The Bertz CT molecular complexity index is 404. The molecule has 0 aliphatic rings. The minimum atomic E-state index is -3.29. The summed E-state index contributed by atoms with van der Waals surface area (Å²) in [6.45, 7) is 3.57. The summed E-state index contributed by atoms with van der Waals surface area (Å²) < 4.78 is 26.0. The van der Waals surface area contributed by atoms with Crippen LogP contribution >= 0.6 is 11.6 Å². The number of nitrogens with one attached hydrogen (secondary N) is 2. The van der Waals surface area contributed by atoms with Gasteiger partial charge in [-0.2, -0.15) is 5.10 Å². The topological polar surface area (TPSA) is 74.8 Å². The van der Waals surface area contributed by atoms with Crippen LogP contribution in [0, 0.1) is 5.92 Å². The molecule has 5 nitrogen and oxygen atoms in total. The molecule has 1 heterocycles. The maximum Gasteiger partial charge on any atom is 0.212 e. The predicted molar refractivity (Wildman–Crippen MR) is 63.8 cm³/mol. The molecule has 7 heteroatoms. The van der Waals surface area contributed by atoms with Gasteiger partial charge < -0.3 is 0 Å². The maximum atomic E-state index is 11.7. The zero-order valence-corrected chi connectivity index (χ0v) is 10.8. The highest BCUT2D eigenvalue weighted by Crippen LogP contribution is 2.12. The number of halogens is 1. The molecule has 1 rings (SSSR count). The van der Waals surface area contributed by atoms with Crippen LogP contribution < -0.4 is 4.72 Å². The van der Waals surface area contributed by atoms with E-state index in [4.69, 9.17) is 11.6 Å². The standard InChI is InChI=1S/C9H16ClN3O2S/c1-7(3-10)6-16(14,15)13-8(2)9-4-11-12-5-9/h4-5,7-8,13H,3,6H2,1-2H3,(H,11,12). The molecule has 1 aromatic rings. The van der Waals surface area contributed by atoms with Gasteiger partial charge in [0.2, 0.25) is 10.0 Å². The van der Waals surface area contributed by atoms with Crippen LogP contribution in [0.1, 0.15) is 25.5 Å². The number of aromatic amines is 1. The predicted octanol–water partition coefficient (Wildman–Crippen LogP) is 1.26. The molecule has 0 amide bonds. The Hall–Kier alpha value is -0.590. The first-order chi connectivity index (χ1) is 7.44. The van der Waals surface area contributed by atoms with Crippen LogP contribution in [0.5, 0.6) is 0 Å². The highest BCUT2D eigenvalue weighted by atomic mass is 35.5. The molecule has 1 aromatic heterocycles. The summed E-state index contributed by atoms with van der Waals surface area (Å²) in [5.74, 6) is 0.315. The van der Waals surface area contributed by atoms with Gasteiger partial charge in [-0.25, -0.2) is 13.1 Å². The third-order valence-corrected chi connectivity index (χ3v) is 4.39. The van der Waals surface area contributed by atoms with Crippen LogP contribution in [0.3, 0.4) is 0 Å². The lowest BCUT2D eigenvalue weighted by atomic mass is 10.2. The van der Waals surface area contributed by atoms with Gasteiger partial charge in [0.25, 0.3) is 0 Å². The summed E-state index contributed by atoms with van der Waals surface area (Å²) in [7, 11) is -3.29. The SMILES string of the molecule is CC(CCl)CS(=O)(=O)NC(C)c1cn[nH]c1. The second kappa shape index (κ2) is 5.65. The lowest BCUT2D eigenvalue weighted by Gasteiger charge is -2.14. The van der Waals surface area contributed by atoms with Gasteiger partial charge in [0.1, 0.15) is 0 Å². The van der Waals surface area contributed by atoms with Crippen molar-refractivity contribution < 1.29 is 8.42 Å². The van der Waals surface area contributed by atoms with Gasteiger partial charge in [-0.3, -0.25) is 5.10 Å². The highest BCUT2D eigenvalue weighted by Gasteiger charge is 2.19. The van der Waals surface area contributed by atoms with E-state index < -0.39 is 10.0 Å². The Morgan fingerprint density at radius 3 is 2.75 bits per heavy atom. The van der Waals surface area contributed by atoms with Gasteiger partial charge in [0, 0.05) is 23.7 Å². The molecule has 0 spiro atoms. The molecule has 0 radical (unpaired) electrons. The Labute approximate surface area is 101 Å². The summed E-state index contributed by atoms with van der Waals surface area (Å²) in [6.07, 6.45) is 3.26. The average Bonchev–Trinajstić information content (AvgIpc) is 2.68. The van der Waals surface area contributed by atoms with E-state index in [1.165, 1.54) is 0 Å². The number of hydrogen-bond donors (Lipinski definition) is 2. The second-order valence-electron chi connectivity index (χ2n) is 3.91. The van der Waals surface area contributed by atoms with Crippen molar-refractivity contribution in [2.75, 3.05) is 11.6 Å². The van der Waals surface area contributed by atoms with Gasteiger partial charge >= 0.3 is 0 Å². The van der Waals surface area contributed by atoms with Crippen LogP contribution in [-0.2, 0) is 10.0 Å². The van der Waals surface area contributed by atoms with Crippen molar-refractivity contribution in [1.82, 2.24) is 14.9 Å². The third kappa shape index (κ3) is 4.11. The van der Waals surface area contributed by atoms with Crippen LogP contribution in [-0.4, -0.2) is 30.2 Å². The Balaban J connectivity index is 2.59. The molecular weight excluding hydrogens is 250 g/mol. The molecule has 0 fully saturated rings. The Morgan fingerprint density at radius 1 is 1.56 bits per heavy atom. The fraction of sp³-hybridized carbons (Fsp3) is 0.667. The van der Waals surface area contributed by atoms with Crippen molar-refractivity contribution in [2.24, 2.45) is 5.92 Å². The van der Waals surface area contributed by atoms with E-state index in [0.29, 0.717) is 5.88 Å². The van der Waals surface area contributed by atoms with Crippen LogP contribution in [0.4, 0.5) is 0 Å². The minimum absolute atomic E-state index is 0.0404. The van der Waals surface area contributed by atoms with E-state index in [1.54, 1.807) is 26.2 Å². The van der Waals surface area contributed by atoms with Crippen molar-refractivity contribution in [1.29, 1.82) is 0 Å². The maximum absolute atomic E-state index is 11.7. The third-order valence-electron chi connectivity index (χ3n) is 2.14. The summed E-state index contributed by atoms with van der Waals surface area (Å²) in [4.78, 5) is 0. The molecule has 2 N–H and O–H groups in total. The van der Waals surface area contributed by atoms with Crippen LogP contribution in [0.25, 0.3) is 0 Å². The number of aromatic nitrogens is 2. The fourth-order valence-corrected chi connectivity index (χ4v) is 3.18. The van der Waals surface area contributed by atoms with Gasteiger partial charge in [0.15, 0.2) is 0 Å². The number of H-pyrrole nitrogens is 1. The molecule has 0 aliphatic carbocycles. The molecule has 92 valence electrons. The van der Waals surface area contributed by atoms with Crippen LogP contribution in [0.15, 0.2) is 12.4 Å². The minimum Gasteiger partial charge on any atom is -0.285 e. The fourth-order valence-electron chi connectivity index (χ4n) is 1.30. The molecule has 0 aliphatic heterocycles. The van der Waals surface area contributed by atoms with E-state index in [2.05, 4.69) is 14.9 Å². The first-order valence-corrected chi connectivity index (χ1v) is 7.18. The van der Waals surface area contributed by atoms with E-state index in [1.807, 2.05) is 0 Å². The molecule has 0 saturated carbocycles. The van der Waals surface area contributed by atoms with Gasteiger partial charge in [-0.1, -0.05) is 6.92 Å². The van der Waals surface area contributed by atoms with Gasteiger partial charge in [-0.05, 0) is 12.8 Å². The van der Waals surface area contributed by atoms with Crippen molar-refractivity contribution in [3.8, 4) is 0 Å². The molecule has 0 aromatic carbocycles. The number of rotatable bonds is 6. The van der Waals surface area contributed by atoms with Gasteiger partial charge in [0.05, 0.1) is 11.9 Å². The number of alkyl halides is 1. The number of hydrogen-bond acceptors (Lipinski definition) is 3.